The summed E-state index contributed by atoms with van der Waals surface area (Å²) in [7, 11) is 0. The molecule has 0 aliphatic carbocycles. The Morgan fingerprint density at radius 1 is 1.23 bits per heavy atom. The summed E-state index contributed by atoms with van der Waals surface area (Å²) in [5.74, 6) is 1.46. The average Bonchev–Trinajstić information content (AvgIpc) is 2.98. The second kappa shape index (κ2) is 6.58. The van der Waals surface area contributed by atoms with Gasteiger partial charge in [-0.25, -0.2) is 0 Å². The van der Waals surface area contributed by atoms with E-state index < -0.39 is 5.60 Å². The van der Waals surface area contributed by atoms with Crippen LogP contribution in [0.25, 0.3) is 0 Å². The molecule has 1 N–H and O–H groups in total. The topological polar surface area (TPSA) is 62.4 Å². The van der Waals surface area contributed by atoms with Gasteiger partial charge >= 0.3 is 0 Å². The Balaban J connectivity index is 1.57. The summed E-state index contributed by atoms with van der Waals surface area (Å²) in [6.45, 7) is 4.46. The molecule has 0 saturated carbocycles. The van der Waals surface area contributed by atoms with Crippen LogP contribution in [0.5, 0.6) is 0 Å². The molecule has 1 saturated heterocycles. The van der Waals surface area contributed by atoms with Gasteiger partial charge in [-0.1, -0.05) is 42.4 Å². The van der Waals surface area contributed by atoms with Gasteiger partial charge in [0.15, 0.2) is 5.82 Å². The number of hydrogen-bond acceptors (Lipinski definition) is 5. The molecule has 0 bridgehead atoms. The van der Waals surface area contributed by atoms with E-state index in [4.69, 9.17) is 4.52 Å². The Kier molecular flexibility index (Phi) is 4.55. The first-order chi connectivity index (χ1) is 10.7. The van der Waals surface area contributed by atoms with Gasteiger partial charge in [-0.2, -0.15) is 4.98 Å². The summed E-state index contributed by atoms with van der Waals surface area (Å²) in [5.41, 5.74) is 0.307. The number of nitrogens with zero attached hydrogens (tertiary/aromatic N) is 3. The van der Waals surface area contributed by atoms with Crippen LogP contribution in [0.1, 0.15) is 43.5 Å². The van der Waals surface area contributed by atoms with Crippen molar-refractivity contribution in [3.8, 4) is 0 Å². The fraction of sp³-hybridized carbons (Fsp3) is 0.529. The molecule has 5 heteroatoms. The van der Waals surface area contributed by atoms with Crippen molar-refractivity contribution in [1.82, 2.24) is 15.0 Å². The van der Waals surface area contributed by atoms with E-state index in [9.17, 15) is 5.11 Å². The number of aryl methyl sites for hydroxylation is 1. The normalized spacial score (nSPS) is 18.5. The van der Waals surface area contributed by atoms with Crippen molar-refractivity contribution in [3.05, 3.63) is 47.6 Å². The van der Waals surface area contributed by atoms with E-state index >= 15 is 0 Å². The standard InChI is InChI=1S/C17H23N3O2/c1-2-6-16-18-15(19-22-16)13-20-11-9-17(21,10-12-20)14-7-4-3-5-8-14/h3-5,7-8,21H,2,6,9-13H2,1H3. The summed E-state index contributed by atoms with van der Waals surface area (Å²) < 4.78 is 5.22. The van der Waals surface area contributed by atoms with E-state index in [0.29, 0.717) is 6.54 Å². The lowest BCUT2D eigenvalue weighted by Crippen LogP contribution is -2.42. The summed E-state index contributed by atoms with van der Waals surface area (Å²) in [4.78, 5) is 6.68. The van der Waals surface area contributed by atoms with Crippen LogP contribution in [0.2, 0.25) is 0 Å². The van der Waals surface area contributed by atoms with Crippen LogP contribution in [0, 0.1) is 0 Å². The third-order valence-electron chi connectivity index (χ3n) is 4.33. The molecule has 1 aromatic heterocycles. The molecule has 0 amide bonds. The Labute approximate surface area is 131 Å². The van der Waals surface area contributed by atoms with Gasteiger partial charge in [-0.3, -0.25) is 4.90 Å². The number of aromatic nitrogens is 2. The molecular formula is C17H23N3O2. The zero-order chi connectivity index (χ0) is 15.4. The van der Waals surface area contributed by atoms with Crippen LogP contribution in [-0.4, -0.2) is 33.2 Å². The predicted molar refractivity (Wildman–Crippen MR) is 83.1 cm³/mol. The molecule has 1 aliphatic rings. The molecule has 22 heavy (non-hydrogen) atoms. The predicted octanol–water partition coefficient (Wildman–Crippen LogP) is 2.51. The van der Waals surface area contributed by atoms with Crippen molar-refractivity contribution in [2.45, 2.75) is 44.8 Å². The molecule has 3 rings (SSSR count). The lowest BCUT2D eigenvalue weighted by Gasteiger charge is -2.38. The van der Waals surface area contributed by atoms with Gasteiger partial charge < -0.3 is 9.63 Å². The maximum atomic E-state index is 10.8. The molecule has 1 fully saturated rings. The molecule has 0 spiro atoms. The summed E-state index contributed by atoms with van der Waals surface area (Å²) >= 11 is 0. The van der Waals surface area contributed by atoms with Gasteiger partial charge in [0.2, 0.25) is 5.89 Å². The lowest BCUT2D eigenvalue weighted by atomic mass is 9.84. The first-order valence-corrected chi connectivity index (χ1v) is 8.01. The number of hydrogen-bond donors (Lipinski definition) is 1. The van der Waals surface area contributed by atoms with Crippen LogP contribution >= 0.6 is 0 Å². The van der Waals surface area contributed by atoms with Crippen LogP contribution in [0.3, 0.4) is 0 Å². The van der Waals surface area contributed by atoms with Crippen LogP contribution in [0.4, 0.5) is 0 Å². The molecule has 118 valence electrons. The second-order valence-electron chi connectivity index (χ2n) is 6.03. The van der Waals surface area contributed by atoms with Crippen LogP contribution in [-0.2, 0) is 18.6 Å². The Bertz CT molecular complexity index is 589. The second-order valence-corrected chi connectivity index (χ2v) is 6.03. The Hall–Kier alpha value is -1.72. The quantitative estimate of drug-likeness (QED) is 0.919. The SMILES string of the molecule is CCCc1nc(CN2CCC(O)(c3ccccc3)CC2)no1. The van der Waals surface area contributed by atoms with E-state index in [-0.39, 0.29) is 0 Å². The molecule has 1 aromatic carbocycles. The summed E-state index contributed by atoms with van der Waals surface area (Å²) in [6, 6.07) is 9.95. The molecule has 0 atom stereocenters. The first kappa shape index (κ1) is 15.2. The fourth-order valence-electron chi connectivity index (χ4n) is 2.99. The Morgan fingerprint density at radius 2 is 1.95 bits per heavy atom. The summed E-state index contributed by atoms with van der Waals surface area (Å²) in [5, 5.41) is 14.9. The number of rotatable bonds is 5. The smallest absolute Gasteiger partial charge is 0.226 e. The van der Waals surface area contributed by atoms with E-state index in [1.807, 2.05) is 30.3 Å². The zero-order valence-electron chi connectivity index (χ0n) is 13.0. The monoisotopic (exact) mass is 301 g/mol. The van der Waals surface area contributed by atoms with Gasteiger partial charge in [0, 0.05) is 19.5 Å². The molecule has 0 unspecified atom stereocenters. The third-order valence-corrected chi connectivity index (χ3v) is 4.33. The van der Waals surface area contributed by atoms with Gasteiger partial charge in [0.25, 0.3) is 0 Å². The highest BCUT2D eigenvalue weighted by molar-refractivity contribution is 5.22. The molecule has 2 heterocycles. The van der Waals surface area contributed by atoms with E-state index in [2.05, 4.69) is 22.0 Å². The van der Waals surface area contributed by atoms with E-state index in [0.717, 1.165) is 56.1 Å². The molecule has 0 radical (unpaired) electrons. The minimum atomic E-state index is -0.706. The van der Waals surface area contributed by atoms with Gasteiger partial charge in [-0.15, -0.1) is 0 Å². The Morgan fingerprint density at radius 3 is 2.64 bits per heavy atom. The van der Waals surface area contributed by atoms with Crippen molar-refractivity contribution in [3.63, 3.8) is 0 Å². The third kappa shape index (κ3) is 3.36. The fourth-order valence-corrected chi connectivity index (χ4v) is 2.99. The van der Waals surface area contributed by atoms with Gasteiger partial charge in [-0.05, 0) is 24.8 Å². The number of aliphatic hydroxyl groups is 1. The van der Waals surface area contributed by atoms with Crippen molar-refractivity contribution >= 4 is 0 Å². The highest BCUT2D eigenvalue weighted by Gasteiger charge is 2.34. The number of benzene rings is 1. The highest BCUT2D eigenvalue weighted by atomic mass is 16.5. The number of piperidine rings is 1. The maximum absolute atomic E-state index is 10.8. The highest BCUT2D eigenvalue weighted by Crippen LogP contribution is 2.32. The lowest BCUT2D eigenvalue weighted by molar-refractivity contribution is -0.0283. The molecule has 5 nitrogen and oxygen atoms in total. The average molecular weight is 301 g/mol. The molecule has 2 aromatic rings. The van der Waals surface area contributed by atoms with Gasteiger partial charge in [0.1, 0.15) is 0 Å². The zero-order valence-corrected chi connectivity index (χ0v) is 13.0. The molecular weight excluding hydrogens is 278 g/mol. The minimum absolute atomic E-state index is 0.693. The summed E-state index contributed by atoms with van der Waals surface area (Å²) in [6.07, 6.45) is 3.31. The number of likely N-dealkylation sites (tertiary alicyclic amines) is 1. The largest absolute Gasteiger partial charge is 0.385 e. The van der Waals surface area contributed by atoms with Gasteiger partial charge in [0.05, 0.1) is 12.1 Å². The van der Waals surface area contributed by atoms with Crippen molar-refractivity contribution in [1.29, 1.82) is 0 Å². The van der Waals surface area contributed by atoms with Crippen molar-refractivity contribution in [2.24, 2.45) is 0 Å². The maximum Gasteiger partial charge on any atom is 0.226 e. The molecule has 1 aliphatic heterocycles. The first-order valence-electron chi connectivity index (χ1n) is 8.01. The van der Waals surface area contributed by atoms with E-state index in [1.165, 1.54) is 0 Å². The van der Waals surface area contributed by atoms with Crippen LogP contribution < -0.4 is 0 Å². The van der Waals surface area contributed by atoms with Crippen LogP contribution in [0.15, 0.2) is 34.9 Å². The van der Waals surface area contributed by atoms with E-state index in [1.54, 1.807) is 0 Å². The minimum Gasteiger partial charge on any atom is -0.385 e. The van der Waals surface area contributed by atoms with Crippen molar-refractivity contribution < 1.29 is 9.63 Å². The van der Waals surface area contributed by atoms with Crippen molar-refractivity contribution in [2.75, 3.05) is 13.1 Å².